The van der Waals surface area contributed by atoms with Crippen LogP contribution in [0.15, 0.2) is 4.34 Å². The van der Waals surface area contributed by atoms with Crippen molar-refractivity contribution in [2.24, 2.45) is 0 Å². The number of aromatic nitrogens is 2. The lowest BCUT2D eigenvalue weighted by Crippen LogP contribution is -2.51. The first-order valence-corrected chi connectivity index (χ1v) is 8.29. The van der Waals surface area contributed by atoms with E-state index in [0.29, 0.717) is 17.8 Å². The van der Waals surface area contributed by atoms with Gasteiger partial charge < -0.3 is 10.4 Å². The second-order valence-corrected chi connectivity index (χ2v) is 7.38. The van der Waals surface area contributed by atoms with Crippen LogP contribution >= 0.6 is 11.3 Å². The number of hydrogen-bond acceptors (Lipinski definition) is 7. The minimum Gasteiger partial charge on any atom is -0.480 e. The molecule has 0 aliphatic carbocycles. The van der Waals surface area contributed by atoms with E-state index in [0.717, 1.165) is 0 Å². The molecule has 9 nitrogen and oxygen atoms in total. The third-order valence-corrected chi connectivity index (χ3v) is 5.30. The van der Waals surface area contributed by atoms with Crippen molar-refractivity contribution < 1.29 is 23.1 Å². The van der Waals surface area contributed by atoms with Crippen molar-refractivity contribution in [1.29, 1.82) is 0 Å². The number of nitrogens with one attached hydrogen (secondary N) is 2. The summed E-state index contributed by atoms with van der Waals surface area (Å²) in [5, 5.41) is 18.5. The number of rotatable bonds is 7. The molecule has 0 fully saturated rings. The highest BCUT2D eigenvalue weighted by atomic mass is 32.2. The molecular weight excluding hydrogens is 320 g/mol. The second-order valence-electron chi connectivity index (χ2n) is 4.55. The first kappa shape index (κ1) is 17.5. The fourth-order valence-corrected chi connectivity index (χ4v) is 3.90. The van der Waals surface area contributed by atoms with E-state index in [9.17, 15) is 23.1 Å². The predicted molar refractivity (Wildman–Crippen MR) is 75.5 cm³/mol. The van der Waals surface area contributed by atoms with E-state index in [-0.39, 0.29) is 11.6 Å². The summed E-state index contributed by atoms with van der Waals surface area (Å²) in [5.41, 5.74) is -1.63. The van der Waals surface area contributed by atoms with Crippen LogP contribution in [0.4, 0.5) is 5.13 Å². The van der Waals surface area contributed by atoms with Gasteiger partial charge in [-0.2, -0.15) is 4.72 Å². The highest BCUT2D eigenvalue weighted by Gasteiger charge is 2.38. The summed E-state index contributed by atoms with van der Waals surface area (Å²) in [6.45, 7) is 4.28. The molecule has 0 saturated heterocycles. The van der Waals surface area contributed by atoms with Gasteiger partial charge in [-0.3, -0.25) is 9.59 Å². The summed E-state index contributed by atoms with van der Waals surface area (Å²) in [7, 11) is -4.14. The average Bonchev–Trinajstić information content (AvgIpc) is 2.76. The van der Waals surface area contributed by atoms with Gasteiger partial charge in [-0.1, -0.05) is 24.7 Å². The van der Waals surface area contributed by atoms with E-state index in [1.165, 1.54) is 13.8 Å². The zero-order valence-electron chi connectivity index (χ0n) is 11.7. The van der Waals surface area contributed by atoms with Crippen LogP contribution in [-0.4, -0.2) is 41.1 Å². The van der Waals surface area contributed by atoms with Crippen LogP contribution in [0, 0.1) is 0 Å². The number of carboxylic acid groups (broad SMARTS) is 1. The second kappa shape index (κ2) is 6.45. The van der Waals surface area contributed by atoms with Gasteiger partial charge >= 0.3 is 5.97 Å². The molecule has 1 heterocycles. The predicted octanol–water partition coefficient (Wildman–Crippen LogP) is 0.418. The van der Waals surface area contributed by atoms with Gasteiger partial charge in [-0.15, -0.1) is 10.2 Å². The number of sulfonamides is 1. The third kappa shape index (κ3) is 4.44. The number of nitrogens with zero attached hydrogens (tertiary/aromatic N) is 2. The van der Waals surface area contributed by atoms with Gasteiger partial charge in [0, 0.05) is 6.92 Å². The minimum absolute atomic E-state index is 0.0235. The normalized spacial score (nSPS) is 14.4. The van der Waals surface area contributed by atoms with E-state index in [1.54, 1.807) is 6.92 Å². The molecule has 0 aromatic carbocycles. The SMILES string of the molecule is CCCC(C)(NS(=O)(=O)c1nnc(NC(C)=O)s1)C(=O)O. The Kier molecular flexibility index (Phi) is 5.36. The van der Waals surface area contributed by atoms with Crippen LogP contribution in [0.3, 0.4) is 0 Å². The highest BCUT2D eigenvalue weighted by Crippen LogP contribution is 2.23. The molecule has 11 heteroatoms. The molecule has 0 saturated carbocycles. The van der Waals surface area contributed by atoms with Crippen LogP contribution in [-0.2, 0) is 19.6 Å². The molecule has 0 aliphatic heterocycles. The Bertz CT molecular complexity index is 642. The van der Waals surface area contributed by atoms with Crippen molar-refractivity contribution in [2.45, 2.75) is 43.5 Å². The molecule has 0 bridgehead atoms. The first-order valence-electron chi connectivity index (χ1n) is 5.99. The Morgan fingerprint density at radius 2 is 2.00 bits per heavy atom. The number of carbonyl (C=O) groups is 2. The number of amides is 1. The van der Waals surface area contributed by atoms with Gasteiger partial charge in [0.05, 0.1) is 0 Å². The van der Waals surface area contributed by atoms with Crippen LogP contribution in [0.1, 0.15) is 33.6 Å². The number of hydrogen-bond donors (Lipinski definition) is 3. The van der Waals surface area contributed by atoms with E-state index < -0.39 is 31.8 Å². The van der Waals surface area contributed by atoms with Crippen molar-refractivity contribution >= 4 is 38.4 Å². The fraction of sp³-hybridized carbons (Fsp3) is 0.600. The van der Waals surface area contributed by atoms with Crippen molar-refractivity contribution in [3.05, 3.63) is 0 Å². The summed E-state index contributed by atoms with van der Waals surface area (Å²) < 4.78 is 26.0. The van der Waals surface area contributed by atoms with Crippen molar-refractivity contribution in [3.8, 4) is 0 Å². The summed E-state index contributed by atoms with van der Waals surface area (Å²) in [6, 6.07) is 0. The number of carbonyl (C=O) groups excluding carboxylic acids is 1. The molecular formula is C10H16N4O5S2. The molecule has 1 atom stereocenters. The van der Waals surface area contributed by atoms with Crippen molar-refractivity contribution in [1.82, 2.24) is 14.9 Å². The molecule has 1 aromatic rings. The summed E-state index contributed by atoms with van der Waals surface area (Å²) in [4.78, 5) is 22.1. The van der Waals surface area contributed by atoms with Gasteiger partial charge in [0.1, 0.15) is 5.54 Å². The molecule has 3 N–H and O–H groups in total. The van der Waals surface area contributed by atoms with Gasteiger partial charge in [0.2, 0.25) is 15.4 Å². The molecule has 0 aliphatic rings. The molecule has 1 aromatic heterocycles. The standard InChI is InChI=1S/C10H16N4O5S2/c1-4-5-10(3,7(16)17)14-21(18,19)9-13-12-8(20-9)11-6(2)15/h14H,4-5H2,1-3H3,(H,16,17)(H,11,12,15). The van der Waals surface area contributed by atoms with Crippen LogP contribution < -0.4 is 10.0 Å². The number of anilines is 1. The van der Waals surface area contributed by atoms with Crippen molar-refractivity contribution in [2.75, 3.05) is 5.32 Å². The quantitative estimate of drug-likeness (QED) is 0.613. The summed E-state index contributed by atoms with van der Waals surface area (Å²) in [6.07, 6.45) is 0.609. The molecule has 0 radical (unpaired) electrons. The topological polar surface area (TPSA) is 138 Å². The van der Waals surface area contributed by atoms with Crippen molar-refractivity contribution in [3.63, 3.8) is 0 Å². The molecule has 118 valence electrons. The highest BCUT2D eigenvalue weighted by molar-refractivity contribution is 7.91. The molecule has 21 heavy (non-hydrogen) atoms. The lowest BCUT2D eigenvalue weighted by molar-refractivity contribution is -0.143. The Morgan fingerprint density at radius 1 is 1.38 bits per heavy atom. The van der Waals surface area contributed by atoms with Crippen LogP contribution in [0.25, 0.3) is 0 Å². The van der Waals surface area contributed by atoms with Crippen LogP contribution in [0.5, 0.6) is 0 Å². The molecule has 1 unspecified atom stereocenters. The minimum atomic E-state index is -4.14. The van der Waals surface area contributed by atoms with Crippen LogP contribution in [0.2, 0.25) is 0 Å². The average molecular weight is 336 g/mol. The van der Waals surface area contributed by atoms with Gasteiger partial charge in [0.25, 0.3) is 10.0 Å². The smallest absolute Gasteiger partial charge is 0.324 e. The lowest BCUT2D eigenvalue weighted by Gasteiger charge is -2.24. The maximum absolute atomic E-state index is 12.1. The van der Waals surface area contributed by atoms with E-state index in [1.807, 2.05) is 0 Å². The zero-order chi connectivity index (χ0) is 16.3. The maximum atomic E-state index is 12.1. The van der Waals surface area contributed by atoms with E-state index in [4.69, 9.17) is 0 Å². The largest absolute Gasteiger partial charge is 0.480 e. The Balaban J connectivity index is 3.02. The number of carboxylic acids is 1. The van der Waals surface area contributed by atoms with E-state index >= 15 is 0 Å². The Morgan fingerprint density at radius 3 is 2.48 bits per heavy atom. The first-order chi connectivity index (χ1) is 9.60. The lowest BCUT2D eigenvalue weighted by atomic mass is 9.98. The molecule has 1 rings (SSSR count). The third-order valence-electron chi connectivity index (χ3n) is 2.50. The van der Waals surface area contributed by atoms with Gasteiger partial charge in [-0.05, 0) is 13.3 Å². The Hall–Kier alpha value is -1.59. The molecule has 0 spiro atoms. The monoisotopic (exact) mass is 336 g/mol. The Labute approximate surface area is 125 Å². The van der Waals surface area contributed by atoms with Gasteiger partial charge in [-0.25, -0.2) is 8.42 Å². The molecule has 1 amide bonds. The maximum Gasteiger partial charge on any atom is 0.324 e. The summed E-state index contributed by atoms with van der Waals surface area (Å²) in [5.74, 6) is -1.69. The number of aliphatic carboxylic acids is 1. The zero-order valence-corrected chi connectivity index (χ0v) is 13.3. The fourth-order valence-electron chi connectivity index (χ4n) is 1.56. The van der Waals surface area contributed by atoms with E-state index in [2.05, 4.69) is 20.2 Å². The summed E-state index contributed by atoms with van der Waals surface area (Å²) >= 11 is 0.641. The van der Waals surface area contributed by atoms with Gasteiger partial charge in [0.15, 0.2) is 0 Å².